The molecule has 5 aromatic rings. The zero-order valence-electron chi connectivity index (χ0n) is 18.6. The lowest BCUT2D eigenvalue weighted by molar-refractivity contribution is -0.132. The number of hydrogen-bond donors (Lipinski definition) is 4. The van der Waals surface area contributed by atoms with E-state index in [9.17, 15) is 15.0 Å². The van der Waals surface area contributed by atoms with Crippen molar-refractivity contribution in [1.29, 1.82) is 0 Å². The Labute approximate surface area is 201 Å². The molecule has 0 bridgehead atoms. The highest BCUT2D eigenvalue weighted by Crippen LogP contribution is 2.31. The van der Waals surface area contributed by atoms with Crippen LogP contribution in [-0.4, -0.2) is 25.5 Å². The van der Waals surface area contributed by atoms with Gasteiger partial charge in [-0.1, -0.05) is 48.5 Å². The number of anilines is 2. The fraction of sp³-hybridized carbons (Fsp3) is 0.0714. The molecule has 0 spiro atoms. The molecule has 3 heterocycles. The Hall–Kier alpha value is -4.46. The Morgan fingerprint density at radius 1 is 0.914 bits per heavy atom. The number of nitrogens with one attached hydrogen (secondary N) is 2. The van der Waals surface area contributed by atoms with E-state index in [4.69, 9.17) is 0 Å². The summed E-state index contributed by atoms with van der Waals surface area (Å²) in [5, 5.41) is 27.6. The third-order valence-electron chi connectivity index (χ3n) is 6.38. The van der Waals surface area contributed by atoms with Crippen LogP contribution in [0.3, 0.4) is 0 Å². The summed E-state index contributed by atoms with van der Waals surface area (Å²) in [4.78, 5) is 16.4. The summed E-state index contributed by atoms with van der Waals surface area (Å²) in [6.45, 7) is 0.540. The molecule has 172 valence electrons. The number of imidazole rings is 1. The molecule has 1 aliphatic heterocycles. The van der Waals surface area contributed by atoms with Gasteiger partial charge in [0.05, 0.1) is 11.4 Å². The van der Waals surface area contributed by atoms with E-state index in [0.717, 1.165) is 39.4 Å². The third-order valence-corrected chi connectivity index (χ3v) is 6.38. The first-order valence-corrected chi connectivity index (χ1v) is 11.3. The third kappa shape index (κ3) is 3.63. The smallest absolute Gasteiger partial charge is 0.251 e. The van der Waals surface area contributed by atoms with Gasteiger partial charge in [-0.3, -0.25) is 9.20 Å². The van der Waals surface area contributed by atoms with Gasteiger partial charge in [0, 0.05) is 41.3 Å². The van der Waals surface area contributed by atoms with Crippen molar-refractivity contribution in [3.05, 3.63) is 120 Å². The summed E-state index contributed by atoms with van der Waals surface area (Å²) in [5.41, 5.74) is 6.81. The number of benzene rings is 3. The second kappa shape index (κ2) is 8.09. The highest BCUT2D eigenvalue weighted by molar-refractivity contribution is 5.99. The highest BCUT2D eigenvalue weighted by atomic mass is 16.5. The molecule has 2 aromatic heterocycles. The van der Waals surface area contributed by atoms with Crippen LogP contribution in [0.25, 0.3) is 16.9 Å². The lowest BCUT2D eigenvalue weighted by Crippen LogP contribution is -2.26. The van der Waals surface area contributed by atoms with Crippen LogP contribution in [-0.2, 0) is 12.3 Å². The van der Waals surface area contributed by atoms with E-state index in [2.05, 4.69) is 15.6 Å². The summed E-state index contributed by atoms with van der Waals surface area (Å²) in [6.07, 6.45) is 3.65. The first-order valence-electron chi connectivity index (χ1n) is 11.3. The van der Waals surface area contributed by atoms with Crippen molar-refractivity contribution in [3.63, 3.8) is 0 Å². The lowest BCUT2D eigenvalue weighted by Gasteiger charge is -2.23. The fourth-order valence-electron chi connectivity index (χ4n) is 4.52. The number of aromatic nitrogens is 2. The Kier molecular flexibility index (Phi) is 4.88. The number of pyridine rings is 1. The minimum absolute atomic E-state index is 0.0340. The first-order chi connectivity index (χ1) is 17.0. The van der Waals surface area contributed by atoms with Crippen molar-refractivity contribution in [2.24, 2.45) is 0 Å². The lowest BCUT2D eigenvalue weighted by atomic mass is 9.97. The van der Waals surface area contributed by atoms with E-state index in [0.29, 0.717) is 17.7 Å². The van der Waals surface area contributed by atoms with Gasteiger partial charge in [-0.25, -0.2) is 4.98 Å². The summed E-state index contributed by atoms with van der Waals surface area (Å²) in [6, 6.07) is 25.5. The van der Waals surface area contributed by atoms with Crippen LogP contribution in [0.1, 0.15) is 27.0 Å². The number of carbonyl (C=O) groups excluding carboxylic acids is 1. The van der Waals surface area contributed by atoms with Crippen LogP contribution in [0, 0.1) is 0 Å². The minimum atomic E-state index is -2.08. The van der Waals surface area contributed by atoms with E-state index in [1.807, 2.05) is 47.0 Å². The number of carbonyl (C=O) groups is 1. The van der Waals surface area contributed by atoms with Crippen LogP contribution in [0.2, 0.25) is 0 Å². The topological polar surface area (TPSA) is 98.9 Å². The number of amides is 1. The molecule has 7 heteroatoms. The fourth-order valence-corrected chi connectivity index (χ4v) is 4.52. The van der Waals surface area contributed by atoms with Crippen LogP contribution in [0.15, 0.2) is 97.3 Å². The van der Waals surface area contributed by atoms with Crippen molar-refractivity contribution < 1.29 is 15.0 Å². The Bertz CT molecular complexity index is 1560. The van der Waals surface area contributed by atoms with Gasteiger partial charge < -0.3 is 20.8 Å². The molecule has 0 saturated heterocycles. The molecule has 0 atom stereocenters. The average Bonchev–Trinajstić information content (AvgIpc) is 3.52. The molecule has 0 fully saturated rings. The molecule has 0 unspecified atom stereocenters. The van der Waals surface area contributed by atoms with E-state index in [1.54, 1.807) is 54.7 Å². The zero-order chi connectivity index (χ0) is 24.0. The molecule has 1 aliphatic rings. The number of nitrogens with zero attached hydrogens (tertiary/aromatic N) is 2. The second-order valence-electron chi connectivity index (χ2n) is 8.55. The number of rotatable bonds is 5. The van der Waals surface area contributed by atoms with E-state index in [1.165, 1.54) is 0 Å². The molecule has 0 radical (unpaired) electrons. The van der Waals surface area contributed by atoms with Gasteiger partial charge >= 0.3 is 0 Å². The van der Waals surface area contributed by atoms with Crippen LogP contribution < -0.4 is 10.6 Å². The summed E-state index contributed by atoms with van der Waals surface area (Å²) >= 11 is 0. The monoisotopic (exact) mass is 462 g/mol. The van der Waals surface area contributed by atoms with Gasteiger partial charge in [-0.2, -0.15) is 0 Å². The van der Waals surface area contributed by atoms with E-state index >= 15 is 0 Å². The van der Waals surface area contributed by atoms with E-state index in [-0.39, 0.29) is 5.91 Å². The SMILES string of the molecule is O=C1NCc2cc(-c3ccc(Nc4ccc(C(O)(O)c5ccccc5)cc4)c4nccn34)ccc21. The van der Waals surface area contributed by atoms with Crippen molar-refractivity contribution in [2.75, 3.05) is 5.32 Å². The predicted octanol–water partition coefficient (Wildman–Crippen LogP) is 4.17. The standard InChI is InChI=1S/C28H22N4O3/c33-27-23-11-6-18(16-19(23)17-30-27)25-13-12-24(26-29-14-15-32(25)26)31-22-9-7-21(8-10-22)28(34,35)20-4-2-1-3-5-20/h1-16,31,34-35H,17H2,(H,30,33). The second-order valence-corrected chi connectivity index (χ2v) is 8.55. The molecule has 4 N–H and O–H groups in total. The first kappa shape index (κ1) is 21.1. The van der Waals surface area contributed by atoms with Gasteiger partial charge in [0.1, 0.15) is 0 Å². The maximum Gasteiger partial charge on any atom is 0.251 e. The molecule has 0 saturated carbocycles. The molecule has 1 amide bonds. The Morgan fingerprint density at radius 3 is 2.49 bits per heavy atom. The number of hydrogen-bond acceptors (Lipinski definition) is 5. The number of aliphatic hydroxyl groups is 2. The van der Waals surface area contributed by atoms with Crippen molar-refractivity contribution in [3.8, 4) is 11.3 Å². The zero-order valence-corrected chi connectivity index (χ0v) is 18.6. The van der Waals surface area contributed by atoms with Crippen LogP contribution in [0.5, 0.6) is 0 Å². The molecule has 35 heavy (non-hydrogen) atoms. The molecule has 0 aliphatic carbocycles. The Morgan fingerprint density at radius 2 is 1.69 bits per heavy atom. The predicted molar refractivity (Wildman–Crippen MR) is 133 cm³/mol. The van der Waals surface area contributed by atoms with Gasteiger partial charge in [-0.15, -0.1) is 0 Å². The molecule has 7 nitrogen and oxygen atoms in total. The van der Waals surface area contributed by atoms with Gasteiger partial charge in [-0.05, 0) is 47.5 Å². The highest BCUT2D eigenvalue weighted by Gasteiger charge is 2.28. The molecular weight excluding hydrogens is 440 g/mol. The molecular formula is C28H22N4O3. The van der Waals surface area contributed by atoms with Crippen molar-refractivity contribution >= 4 is 22.9 Å². The van der Waals surface area contributed by atoms with Crippen LogP contribution in [0.4, 0.5) is 11.4 Å². The summed E-state index contributed by atoms with van der Waals surface area (Å²) in [7, 11) is 0. The van der Waals surface area contributed by atoms with E-state index < -0.39 is 5.79 Å². The van der Waals surface area contributed by atoms with Crippen LogP contribution >= 0.6 is 0 Å². The van der Waals surface area contributed by atoms with Crippen molar-refractivity contribution in [2.45, 2.75) is 12.3 Å². The minimum Gasteiger partial charge on any atom is -0.358 e. The molecule has 3 aromatic carbocycles. The average molecular weight is 463 g/mol. The van der Waals surface area contributed by atoms with Gasteiger partial charge in [0.25, 0.3) is 5.91 Å². The normalized spacial score (nSPS) is 13.0. The Balaban J connectivity index is 1.29. The summed E-state index contributed by atoms with van der Waals surface area (Å²) < 4.78 is 2.00. The maximum absolute atomic E-state index is 11.9. The summed E-state index contributed by atoms with van der Waals surface area (Å²) in [5.74, 6) is -2.11. The number of fused-ring (bicyclic) bond motifs is 2. The molecule has 6 rings (SSSR count). The maximum atomic E-state index is 11.9. The largest absolute Gasteiger partial charge is 0.358 e. The van der Waals surface area contributed by atoms with Gasteiger partial charge in [0.15, 0.2) is 5.65 Å². The van der Waals surface area contributed by atoms with Gasteiger partial charge in [0.2, 0.25) is 5.79 Å². The van der Waals surface area contributed by atoms with Crippen molar-refractivity contribution in [1.82, 2.24) is 14.7 Å². The quantitative estimate of drug-likeness (QED) is 0.294.